The largest absolute Gasteiger partial charge is 0.374 e. The van der Waals surface area contributed by atoms with Crippen LogP contribution in [0, 0.1) is 5.41 Å². The lowest BCUT2D eigenvalue weighted by molar-refractivity contribution is -0.0714. The van der Waals surface area contributed by atoms with E-state index in [1.165, 1.54) is 0 Å². The van der Waals surface area contributed by atoms with Crippen molar-refractivity contribution in [3.63, 3.8) is 0 Å². The van der Waals surface area contributed by atoms with Gasteiger partial charge in [0, 0.05) is 25.2 Å². The number of nitrogens with one attached hydrogen (secondary N) is 1. The number of hydrogen-bond acceptors (Lipinski definition) is 3. The van der Waals surface area contributed by atoms with Crippen LogP contribution in [0.15, 0.2) is 0 Å². The summed E-state index contributed by atoms with van der Waals surface area (Å²) >= 11 is 0. The Balaban J connectivity index is 2.64. The van der Waals surface area contributed by atoms with Crippen LogP contribution in [0.25, 0.3) is 0 Å². The van der Waals surface area contributed by atoms with Crippen LogP contribution >= 0.6 is 0 Å². The van der Waals surface area contributed by atoms with E-state index >= 15 is 0 Å². The Bertz CT molecular complexity index is 210. The lowest BCUT2D eigenvalue weighted by atomic mass is 9.83. The highest BCUT2D eigenvalue weighted by Gasteiger charge is 2.35. The zero-order valence-electron chi connectivity index (χ0n) is 11.7. The molecule has 96 valence electrons. The van der Waals surface area contributed by atoms with Gasteiger partial charge in [0.25, 0.3) is 0 Å². The summed E-state index contributed by atoms with van der Waals surface area (Å²) in [6, 6.07) is 1.03. The first kappa shape index (κ1) is 13.9. The molecule has 0 aromatic carbocycles. The molecule has 1 heterocycles. The minimum atomic E-state index is 0.236. The predicted octanol–water partition coefficient (Wildman–Crippen LogP) is 1.73. The first-order valence-corrected chi connectivity index (χ1v) is 6.39. The normalized spacial score (nSPS) is 26.1. The summed E-state index contributed by atoms with van der Waals surface area (Å²) in [4.78, 5) is 2.50. The molecule has 16 heavy (non-hydrogen) atoms. The fourth-order valence-corrected chi connectivity index (χ4v) is 2.54. The van der Waals surface area contributed by atoms with Crippen LogP contribution in [0.3, 0.4) is 0 Å². The van der Waals surface area contributed by atoms with Gasteiger partial charge in [-0.1, -0.05) is 20.8 Å². The number of morpholine rings is 1. The Kier molecular flexibility index (Phi) is 4.77. The molecule has 0 spiro atoms. The van der Waals surface area contributed by atoms with Crippen molar-refractivity contribution in [2.75, 3.05) is 26.7 Å². The van der Waals surface area contributed by atoms with Crippen LogP contribution in [0.5, 0.6) is 0 Å². The first-order chi connectivity index (χ1) is 7.36. The van der Waals surface area contributed by atoms with Crippen molar-refractivity contribution in [1.82, 2.24) is 10.2 Å². The fraction of sp³-hybridized carbons (Fsp3) is 1.00. The van der Waals surface area contributed by atoms with Crippen molar-refractivity contribution in [3.8, 4) is 0 Å². The molecular weight excluding hydrogens is 200 g/mol. The van der Waals surface area contributed by atoms with Crippen LogP contribution in [-0.4, -0.2) is 49.8 Å². The van der Waals surface area contributed by atoms with Gasteiger partial charge in [0.15, 0.2) is 0 Å². The van der Waals surface area contributed by atoms with E-state index in [0.29, 0.717) is 18.2 Å². The molecule has 1 aliphatic heterocycles. The zero-order valence-corrected chi connectivity index (χ0v) is 11.7. The molecule has 1 aliphatic rings. The van der Waals surface area contributed by atoms with Crippen LogP contribution in [0.2, 0.25) is 0 Å². The number of ether oxygens (including phenoxy) is 1. The average Bonchev–Trinajstić information content (AvgIpc) is 2.17. The Morgan fingerprint density at radius 2 is 1.94 bits per heavy atom. The summed E-state index contributed by atoms with van der Waals surface area (Å²) in [5.41, 5.74) is 0.236. The van der Waals surface area contributed by atoms with Gasteiger partial charge in [0.05, 0.1) is 12.7 Å². The molecule has 0 aromatic heterocycles. The summed E-state index contributed by atoms with van der Waals surface area (Å²) < 4.78 is 5.93. The highest BCUT2D eigenvalue weighted by molar-refractivity contribution is 4.90. The third kappa shape index (κ3) is 3.44. The van der Waals surface area contributed by atoms with Crippen LogP contribution in [0.1, 0.15) is 34.6 Å². The van der Waals surface area contributed by atoms with E-state index in [1.807, 2.05) is 7.05 Å². The van der Waals surface area contributed by atoms with Gasteiger partial charge in [-0.3, -0.25) is 4.90 Å². The summed E-state index contributed by atoms with van der Waals surface area (Å²) in [5.74, 6) is 0. The van der Waals surface area contributed by atoms with Crippen molar-refractivity contribution < 1.29 is 4.74 Å². The second-order valence-electron chi connectivity index (χ2n) is 6.13. The standard InChI is InChI=1S/C13H28N2O/c1-10(2)15-7-8-16-11(9-15)12(14-6)13(3,4)5/h10-12,14H,7-9H2,1-6H3. The molecule has 0 aromatic rings. The van der Waals surface area contributed by atoms with E-state index in [9.17, 15) is 0 Å². The van der Waals surface area contributed by atoms with Gasteiger partial charge in [0.1, 0.15) is 0 Å². The van der Waals surface area contributed by atoms with E-state index < -0.39 is 0 Å². The molecule has 0 radical (unpaired) electrons. The first-order valence-electron chi connectivity index (χ1n) is 6.39. The SMILES string of the molecule is CNC(C1CN(C(C)C)CCO1)C(C)(C)C. The maximum atomic E-state index is 5.93. The molecule has 0 saturated carbocycles. The van der Waals surface area contributed by atoms with Gasteiger partial charge in [0.2, 0.25) is 0 Å². The molecule has 3 nitrogen and oxygen atoms in total. The van der Waals surface area contributed by atoms with Crippen LogP contribution in [-0.2, 0) is 4.74 Å². The Hall–Kier alpha value is -0.120. The monoisotopic (exact) mass is 228 g/mol. The van der Waals surface area contributed by atoms with Gasteiger partial charge >= 0.3 is 0 Å². The summed E-state index contributed by atoms with van der Waals surface area (Å²) in [6.45, 7) is 14.3. The highest BCUT2D eigenvalue weighted by Crippen LogP contribution is 2.25. The molecule has 1 saturated heterocycles. The van der Waals surface area contributed by atoms with Crippen LogP contribution in [0.4, 0.5) is 0 Å². The van der Waals surface area contributed by atoms with Gasteiger partial charge < -0.3 is 10.1 Å². The Labute approximate surface area is 101 Å². The minimum Gasteiger partial charge on any atom is -0.374 e. The van der Waals surface area contributed by atoms with E-state index in [1.54, 1.807) is 0 Å². The van der Waals surface area contributed by atoms with Gasteiger partial charge in [-0.05, 0) is 26.3 Å². The molecule has 0 bridgehead atoms. The maximum Gasteiger partial charge on any atom is 0.0860 e. The number of rotatable bonds is 3. The molecule has 1 N–H and O–H groups in total. The summed E-state index contributed by atoms with van der Waals surface area (Å²) in [5, 5.41) is 3.42. The van der Waals surface area contributed by atoms with E-state index in [0.717, 1.165) is 19.7 Å². The molecule has 0 aliphatic carbocycles. The topological polar surface area (TPSA) is 24.5 Å². The van der Waals surface area contributed by atoms with Gasteiger partial charge in [-0.15, -0.1) is 0 Å². The third-order valence-corrected chi connectivity index (χ3v) is 3.47. The van der Waals surface area contributed by atoms with Gasteiger partial charge in [-0.2, -0.15) is 0 Å². The number of hydrogen-bond donors (Lipinski definition) is 1. The predicted molar refractivity (Wildman–Crippen MR) is 68.8 cm³/mol. The maximum absolute atomic E-state index is 5.93. The Morgan fingerprint density at radius 1 is 1.31 bits per heavy atom. The van der Waals surface area contributed by atoms with Gasteiger partial charge in [-0.25, -0.2) is 0 Å². The van der Waals surface area contributed by atoms with E-state index in [-0.39, 0.29) is 5.41 Å². The second-order valence-corrected chi connectivity index (χ2v) is 6.13. The smallest absolute Gasteiger partial charge is 0.0860 e. The van der Waals surface area contributed by atoms with Crippen molar-refractivity contribution in [1.29, 1.82) is 0 Å². The average molecular weight is 228 g/mol. The molecular formula is C13H28N2O. The number of likely N-dealkylation sites (N-methyl/N-ethyl adjacent to an activating group) is 1. The zero-order chi connectivity index (χ0) is 12.3. The van der Waals surface area contributed by atoms with Crippen LogP contribution < -0.4 is 5.32 Å². The molecule has 1 fully saturated rings. The highest BCUT2D eigenvalue weighted by atomic mass is 16.5. The fourth-order valence-electron chi connectivity index (χ4n) is 2.54. The molecule has 0 amide bonds. The molecule has 3 heteroatoms. The van der Waals surface area contributed by atoms with E-state index in [4.69, 9.17) is 4.74 Å². The minimum absolute atomic E-state index is 0.236. The second kappa shape index (κ2) is 5.48. The van der Waals surface area contributed by atoms with Crippen molar-refractivity contribution in [2.24, 2.45) is 5.41 Å². The summed E-state index contributed by atoms with van der Waals surface area (Å²) in [6.07, 6.45) is 0.307. The molecule has 2 unspecified atom stereocenters. The van der Waals surface area contributed by atoms with E-state index in [2.05, 4.69) is 44.8 Å². The summed E-state index contributed by atoms with van der Waals surface area (Å²) in [7, 11) is 2.04. The van der Waals surface area contributed by atoms with Crippen molar-refractivity contribution in [2.45, 2.75) is 52.8 Å². The quantitative estimate of drug-likeness (QED) is 0.796. The molecule has 1 rings (SSSR count). The van der Waals surface area contributed by atoms with Crippen molar-refractivity contribution in [3.05, 3.63) is 0 Å². The van der Waals surface area contributed by atoms with Crippen molar-refractivity contribution >= 4 is 0 Å². The third-order valence-electron chi connectivity index (χ3n) is 3.47. The Morgan fingerprint density at radius 3 is 2.38 bits per heavy atom. The lowest BCUT2D eigenvalue weighted by Gasteiger charge is -2.43. The number of nitrogens with zero attached hydrogens (tertiary/aromatic N) is 1. The lowest BCUT2D eigenvalue weighted by Crippen LogP contribution is -2.57. The molecule has 2 atom stereocenters.